The van der Waals surface area contributed by atoms with Crippen LogP contribution in [0.25, 0.3) is 0 Å². The first-order valence-corrected chi connectivity index (χ1v) is 4.06. The SMILES string of the molecule is CCOC(=O)N(N)C(=O)C(C)(C)C. The van der Waals surface area contributed by atoms with Gasteiger partial charge in [0.15, 0.2) is 0 Å². The van der Waals surface area contributed by atoms with Crippen LogP contribution < -0.4 is 5.84 Å². The van der Waals surface area contributed by atoms with Crippen LogP contribution in [0.1, 0.15) is 27.7 Å². The van der Waals surface area contributed by atoms with Gasteiger partial charge in [-0.1, -0.05) is 20.8 Å². The number of amides is 2. The summed E-state index contributed by atoms with van der Waals surface area (Å²) in [5.41, 5.74) is -0.679. The van der Waals surface area contributed by atoms with Gasteiger partial charge in [0.2, 0.25) is 0 Å². The molecule has 0 atom stereocenters. The third-order valence-electron chi connectivity index (χ3n) is 1.32. The smallest absolute Gasteiger partial charge is 0.431 e. The Bertz CT molecular complexity index is 208. The molecule has 5 heteroatoms. The lowest BCUT2D eigenvalue weighted by Gasteiger charge is -2.22. The van der Waals surface area contributed by atoms with Gasteiger partial charge < -0.3 is 4.74 Å². The second kappa shape index (κ2) is 4.23. The van der Waals surface area contributed by atoms with Crippen molar-refractivity contribution >= 4 is 12.0 Å². The molecule has 76 valence electrons. The molecule has 0 aliphatic rings. The second-order valence-electron chi connectivity index (χ2n) is 3.62. The van der Waals surface area contributed by atoms with E-state index in [2.05, 4.69) is 4.74 Å². The second-order valence-corrected chi connectivity index (χ2v) is 3.62. The maximum atomic E-state index is 11.4. The minimum absolute atomic E-state index is 0.198. The molecule has 0 fully saturated rings. The quantitative estimate of drug-likeness (QED) is 0.377. The minimum Gasteiger partial charge on any atom is -0.448 e. The molecule has 0 aromatic carbocycles. The molecule has 0 saturated heterocycles. The van der Waals surface area contributed by atoms with Gasteiger partial charge in [-0.25, -0.2) is 10.6 Å². The van der Waals surface area contributed by atoms with Crippen molar-refractivity contribution in [1.82, 2.24) is 5.01 Å². The largest absolute Gasteiger partial charge is 0.448 e. The number of nitrogens with two attached hydrogens (primary N) is 1. The number of rotatable bonds is 1. The van der Waals surface area contributed by atoms with E-state index >= 15 is 0 Å². The molecule has 0 unspecified atom stereocenters. The van der Waals surface area contributed by atoms with Crippen LogP contribution in [-0.2, 0) is 9.53 Å². The predicted octanol–water partition coefficient (Wildman–Crippen LogP) is 0.891. The van der Waals surface area contributed by atoms with E-state index in [1.807, 2.05) is 0 Å². The highest BCUT2D eigenvalue weighted by Crippen LogP contribution is 2.15. The van der Waals surface area contributed by atoms with E-state index in [1.54, 1.807) is 27.7 Å². The van der Waals surface area contributed by atoms with Crippen LogP contribution in [0.5, 0.6) is 0 Å². The molecule has 2 N–H and O–H groups in total. The Morgan fingerprint density at radius 3 is 2.15 bits per heavy atom. The molecule has 0 spiro atoms. The molecule has 5 nitrogen and oxygen atoms in total. The Morgan fingerprint density at radius 1 is 1.38 bits per heavy atom. The molecule has 13 heavy (non-hydrogen) atoms. The van der Waals surface area contributed by atoms with Crippen LogP contribution in [0.3, 0.4) is 0 Å². The first-order valence-electron chi connectivity index (χ1n) is 4.06. The molecule has 0 aliphatic carbocycles. The normalized spacial score (nSPS) is 10.8. The van der Waals surface area contributed by atoms with Crippen molar-refractivity contribution in [3.05, 3.63) is 0 Å². The zero-order chi connectivity index (χ0) is 10.6. The summed E-state index contributed by atoms with van der Waals surface area (Å²) in [5.74, 6) is 4.78. The van der Waals surface area contributed by atoms with Crippen LogP contribution in [0, 0.1) is 5.41 Å². The fourth-order valence-corrected chi connectivity index (χ4v) is 0.637. The van der Waals surface area contributed by atoms with Crippen molar-refractivity contribution in [3.8, 4) is 0 Å². The summed E-state index contributed by atoms with van der Waals surface area (Å²) in [5, 5.41) is 0.503. The third-order valence-corrected chi connectivity index (χ3v) is 1.32. The molecular weight excluding hydrogens is 172 g/mol. The summed E-state index contributed by atoms with van der Waals surface area (Å²) in [6, 6.07) is 0. The van der Waals surface area contributed by atoms with Crippen molar-refractivity contribution in [2.24, 2.45) is 11.3 Å². The Balaban J connectivity index is 4.35. The number of ether oxygens (including phenoxy) is 1. The maximum Gasteiger partial charge on any atom is 0.431 e. The van der Waals surface area contributed by atoms with Crippen LogP contribution in [0.2, 0.25) is 0 Å². The van der Waals surface area contributed by atoms with Gasteiger partial charge in [0.25, 0.3) is 5.91 Å². The minimum atomic E-state index is -0.817. The number of hydrogen-bond acceptors (Lipinski definition) is 4. The monoisotopic (exact) mass is 188 g/mol. The summed E-state index contributed by atoms with van der Waals surface area (Å²) < 4.78 is 4.56. The van der Waals surface area contributed by atoms with Crippen molar-refractivity contribution in [2.75, 3.05) is 6.61 Å². The lowest BCUT2D eigenvalue weighted by molar-refractivity contribution is -0.137. The lowest BCUT2D eigenvalue weighted by atomic mass is 9.95. The molecule has 0 rings (SSSR count). The average Bonchev–Trinajstić information content (AvgIpc) is 2.00. The predicted molar refractivity (Wildman–Crippen MR) is 47.5 cm³/mol. The zero-order valence-electron chi connectivity index (χ0n) is 8.46. The van der Waals surface area contributed by atoms with E-state index in [9.17, 15) is 9.59 Å². The summed E-state index contributed by atoms with van der Waals surface area (Å²) in [4.78, 5) is 22.4. The fraction of sp³-hybridized carbons (Fsp3) is 0.750. The van der Waals surface area contributed by atoms with Crippen molar-refractivity contribution in [1.29, 1.82) is 0 Å². The van der Waals surface area contributed by atoms with Crippen LogP contribution in [-0.4, -0.2) is 23.6 Å². The molecule has 0 saturated carbocycles. The summed E-state index contributed by atoms with van der Waals surface area (Å²) in [6.45, 7) is 6.87. The van der Waals surface area contributed by atoms with E-state index in [4.69, 9.17) is 5.84 Å². The molecule has 0 heterocycles. The highest BCUT2D eigenvalue weighted by atomic mass is 16.6. The fourth-order valence-electron chi connectivity index (χ4n) is 0.637. The zero-order valence-corrected chi connectivity index (χ0v) is 8.46. The Labute approximate surface area is 77.8 Å². The van der Waals surface area contributed by atoms with Gasteiger partial charge in [0.05, 0.1) is 6.61 Å². The van der Waals surface area contributed by atoms with Gasteiger partial charge in [0, 0.05) is 5.41 Å². The van der Waals surface area contributed by atoms with Crippen LogP contribution >= 0.6 is 0 Å². The molecule has 0 aromatic rings. The van der Waals surface area contributed by atoms with Gasteiger partial charge in [0.1, 0.15) is 0 Å². The van der Waals surface area contributed by atoms with Gasteiger partial charge in [-0.05, 0) is 6.92 Å². The summed E-state index contributed by atoms with van der Waals surface area (Å²) in [7, 11) is 0. The Morgan fingerprint density at radius 2 is 1.85 bits per heavy atom. The van der Waals surface area contributed by atoms with E-state index in [0.717, 1.165) is 0 Å². The van der Waals surface area contributed by atoms with Crippen LogP contribution in [0.15, 0.2) is 0 Å². The van der Waals surface area contributed by atoms with Crippen molar-refractivity contribution in [3.63, 3.8) is 0 Å². The Kier molecular flexibility index (Phi) is 3.87. The van der Waals surface area contributed by atoms with E-state index in [1.165, 1.54) is 0 Å². The van der Waals surface area contributed by atoms with Crippen LogP contribution in [0.4, 0.5) is 4.79 Å². The maximum absolute atomic E-state index is 11.4. The molecule has 0 bridgehead atoms. The highest BCUT2D eigenvalue weighted by Gasteiger charge is 2.30. The number of hydrazine groups is 1. The van der Waals surface area contributed by atoms with Gasteiger partial charge in [-0.2, -0.15) is 5.01 Å². The van der Waals surface area contributed by atoms with E-state index in [0.29, 0.717) is 5.01 Å². The van der Waals surface area contributed by atoms with Gasteiger partial charge >= 0.3 is 6.09 Å². The molecule has 0 aliphatic heterocycles. The number of imide groups is 1. The first-order chi connectivity index (χ1) is 5.80. The topological polar surface area (TPSA) is 72.6 Å². The standard InChI is InChI=1S/C8H16N2O3/c1-5-13-7(12)10(9)6(11)8(2,3)4/h5,9H2,1-4H3. The molecule has 2 amide bonds. The van der Waals surface area contributed by atoms with E-state index < -0.39 is 17.4 Å². The summed E-state index contributed by atoms with van der Waals surface area (Å²) in [6.07, 6.45) is -0.817. The third kappa shape index (κ3) is 3.42. The summed E-state index contributed by atoms with van der Waals surface area (Å²) >= 11 is 0. The van der Waals surface area contributed by atoms with Crippen molar-refractivity contribution < 1.29 is 14.3 Å². The number of carbonyl (C=O) groups is 2. The highest BCUT2D eigenvalue weighted by molar-refractivity contribution is 5.93. The van der Waals surface area contributed by atoms with Gasteiger partial charge in [-0.15, -0.1) is 0 Å². The van der Waals surface area contributed by atoms with Crippen molar-refractivity contribution in [2.45, 2.75) is 27.7 Å². The number of carbonyl (C=O) groups excluding carboxylic acids is 2. The lowest BCUT2D eigenvalue weighted by Crippen LogP contribution is -2.48. The van der Waals surface area contributed by atoms with Gasteiger partial charge in [-0.3, -0.25) is 4.79 Å². The molecule has 0 radical (unpaired) electrons. The Hall–Kier alpha value is -1.10. The number of nitrogens with zero attached hydrogens (tertiary/aromatic N) is 1. The molecule has 0 aromatic heterocycles. The average molecular weight is 188 g/mol. The first kappa shape index (κ1) is 11.9. The van der Waals surface area contributed by atoms with E-state index in [-0.39, 0.29) is 6.61 Å². The number of hydrogen-bond donors (Lipinski definition) is 1. The molecular formula is C8H16N2O3.